The summed E-state index contributed by atoms with van der Waals surface area (Å²) in [6.45, 7) is 13.5. The number of rotatable bonds is 6. The molecule has 0 aliphatic carbocycles. The van der Waals surface area contributed by atoms with Crippen molar-refractivity contribution in [3.8, 4) is 0 Å². The SMILES string of the molecule is C=Cc1[nH]cc(CC(NC(=O)OC(C)(C)C)C(O)=C2C(=O)OC(C)(C)OC2=O)c1/C=C\C. The van der Waals surface area contributed by atoms with Gasteiger partial charge in [-0.05, 0) is 39.3 Å². The predicted octanol–water partition coefficient (Wildman–Crippen LogP) is 3.77. The van der Waals surface area contributed by atoms with Crippen molar-refractivity contribution in [3.63, 3.8) is 0 Å². The van der Waals surface area contributed by atoms with Gasteiger partial charge in [-0.3, -0.25) is 0 Å². The molecule has 32 heavy (non-hydrogen) atoms. The Bertz CT molecular complexity index is 955. The Hall–Kier alpha value is -3.49. The molecule has 3 N–H and O–H groups in total. The van der Waals surface area contributed by atoms with Crippen LogP contribution in [-0.4, -0.2) is 45.6 Å². The molecule has 0 bridgehead atoms. The largest absolute Gasteiger partial charge is 0.509 e. The number of hydrogen-bond acceptors (Lipinski definition) is 7. The molecule has 0 radical (unpaired) electrons. The summed E-state index contributed by atoms with van der Waals surface area (Å²) in [5, 5.41) is 13.4. The number of allylic oxidation sites excluding steroid dienone is 1. The molecule has 9 nitrogen and oxygen atoms in total. The average molecular weight is 447 g/mol. The van der Waals surface area contributed by atoms with Crippen molar-refractivity contribution in [3.05, 3.63) is 47.0 Å². The van der Waals surface area contributed by atoms with Gasteiger partial charge in [0.2, 0.25) is 0 Å². The van der Waals surface area contributed by atoms with Gasteiger partial charge in [-0.15, -0.1) is 0 Å². The minimum Gasteiger partial charge on any atom is -0.509 e. The number of nitrogens with one attached hydrogen (secondary N) is 2. The standard InChI is InChI=1S/C23H30N2O7/c1-8-10-14-13(12-24-15(14)9-2)11-16(25-21(29)32-22(3,4)5)18(26)17-19(27)30-23(6,7)31-20(17)28/h8-10,12,16,24,26H,2,11H2,1,3-7H3,(H,25,29)/b10-8-. The molecule has 1 unspecified atom stereocenters. The van der Waals surface area contributed by atoms with E-state index in [2.05, 4.69) is 16.9 Å². The lowest BCUT2D eigenvalue weighted by molar-refractivity contribution is -0.222. The Balaban J connectivity index is 2.49. The lowest BCUT2D eigenvalue weighted by Gasteiger charge is -2.31. The zero-order valence-electron chi connectivity index (χ0n) is 19.2. The number of amides is 1. The van der Waals surface area contributed by atoms with E-state index in [1.165, 1.54) is 13.8 Å². The first-order chi connectivity index (χ1) is 14.8. The van der Waals surface area contributed by atoms with Gasteiger partial charge in [0, 0.05) is 37.7 Å². The number of H-pyrrole nitrogens is 1. The molecule has 1 amide bonds. The number of esters is 2. The van der Waals surface area contributed by atoms with Gasteiger partial charge in [-0.1, -0.05) is 18.7 Å². The lowest BCUT2D eigenvalue weighted by Crippen LogP contribution is -2.46. The normalized spacial score (nSPS) is 16.9. The number of aliphatic hydroxyl groups excluding tert-OH is 1. The van der Waals surface area contributed by atoms with Crippen molar-refractivity contribution in [1.82, 2.24) is 10.3 Å². The highest BCUT2D eigenvalue weighted by Crippen LogP contribution is 2.27. The predicted molar refractivity (Wildman–Crippen MR) is 118 cm³/mol. The monoisotopic (exact) mass is 446 g/mol. The summed E-state index contributed by atoms with van der Waals surface area (Å²) in [6, 6.07) is -1.18. The smallest absolute Gasteiger partial charge is 0.408 e. The average Bonchev–Trinajstić information content (AvgIpc) is 2.99. The first-order valence-electron chi connectivity index (χ1n) is 10.1. The third kappa shape index (κ3) is 6.03. The highest BCUT2D eigenvalue weighted by molar-refractivity contribution is 6.15. The Labute approximate surface area is 187 Å². The second-order valence-electron chi connectivity index (χ2n) is 8.69. The Morgan fingerprint density at radius 1 is 1.31 bits per heavy atom. The lowest BCUT2D eigenvalue weighted by atomic mass is 9.98. The molecule has 1 aliphatic heterocycles. The van der Waals surface area contributed by atoms with Crippen LogP contribution in [0.3, 0.4) is 0 Å². The van der Waals surface area contributed by atoms with Crippen LogP contribution in [0.5, 0.6) is 0 Å². The topological polar surface area (TPSA) is 127 Å². The second kappa shape index (κ2) is 9.33. The van der Waals surface area contributed by atoms with Gasteiger partial charge in [0.1, 0.15) is 11.4 Å². The number of aromatic amines is 1. The van der Waals surface area contributed by atoms with Crippen molar-refractivity contribution >= 4 is 30.2 Å². The van der Waals surface area contributed by atoms with E-state index in [4.69, 9.17) is 14.2 Å². The number of aromatic nitrogens is 1. The summed E-state index contributed by atoms with van der Waals surface area (Å²) >= 11 is 0. The second-order valence-corrected chi connectivity index (χ2v) is 8.69. The summed E-state index contributed by atoms with van der Waals surface area (Å²) in [5.41, 5.74) is 0.733. The van der Waals surface area contributed by atoms with Gasteiger partial charge < -0.3 is 29.6 Å². The molecule has 2 heterocycles. The Kier molecular flexibility index (Phi) is 7.23. The van der Waals surface area contributed by atoms with E-state index in [1.807, 2.05) is 19.1 Å². The van der Waals surface area contributed by atoms with Crippen molar-refractivity contribution < 1.29 is 33.7 Å². The minimum absolute atomic E-state index is 0.0303. The molecule has 1 fully saturated rings. The Morgan fingerprint density at radius 3 is 2.41 bits per heavy atom. The van der Waals surface area contributed by atoms with Gasteiger partial charge in [0.05, 0.1) is 6.04 Å². The van der Waals surface area contributed by atoms with E-state index in [0.717, 1.165) is 11.3 Å². The van der Waals surface area contributed by atoms with E-state index >= 15 is 0 Å². The van der Waals surface area contributed by atoms with Crippen molar-refractivity contribution in [1.29, 1.82) is 0 Å². The number of hydrogen-bond donors (Lipinski definition) is 3. The van der Waals surface area contributed by atoms with Crippen LogP contribution in [0.25, 0.3) is 12.2 Å². The van der Waals surface area contributed by atoms with Crippen LogP contribution in [-0.2, 0) is 30.2 Å². The van der Waals surface area contributed by atoms with E-state index in [0.29, 0.717) is 5.56 Å². The maximum absolute atomic E-state index is 12.4. The zero-order valence-corrected chi connectivity index (χ0v) is 19.2. The maximum atomic E-state index is 12.4. The quantitative estimate of drug-likeness (QED) is 0.263. The van der Waals surface area contributed by atoms with Gasteiger partial charge in [0.15, 0.2) is 5.57 Å². The third-order valence-corrected chi connectivity index (χ3v) is 4.36. The molecule has 0 aromatic carbocycles. The molecule has 1 saturated heterocycles. The number of alkyl carbamates (subject to hydrolysis) is 1. The molecular formula is C23H30N2O7. The van der Waals surface area contributed by atoms with Crippen LogP contribution < -0.4 is 5.32 Å². The summed E-state index contributed by atoms with van der Waals surface area (Å²) < 4.78 is 15.4. The van der Waals surface area contributed by atoms with Crippen LogP contribution in [0, 0.1) is 0 Å². The third-order valence-electron chi connectivity index (χ3n) is 4.36. The molecule has 9 heteroatoms. The van der Waals surface area contributed by atoms with Crippen molar-refractivity contribution in [2.45, 2.75) is 65.4 Å². The molecule has 0 saturated carbocycles. The first-order valence-corrected chi connectivity index (χ1v) is 10.1. The summed E-state index contributed by atoms with van der Waals surface area (Å²) in [4.78, 5) is 40.4. The number of carbonyl (C=O) groups excluding carboxylic acids is 3. The highest BCUT2D eigenvalue weighted by atomic mass is 16.7. The van der Waals surface area contributed by atoms with E-state index in [9.17, 15) is 19.5 Å². The van der Waals surface area contributed by atoms with Crippen LogP contribution in [0.1, 0.15) is 58.4 Å². The van der Waals surface area contributed by atoms with Crippen molar-refractivity contribution in [2.75, 3.05) is 0 Å². The maximum Gasteiger partial charge on any atom is 0.408 e. The van der Waals surface area contributed by atoms with E-state index in [1.54, 1.807) is 33.0 Å². The van der Waals surface area contributed by atoms with E-state index in [-0.39, 0.29) is 6.42 Å². The first kappa shape index (κ1) is 24.8. The number of carbonyl (C=O) groups is 3. The van der Waals surface area contributed by atoms with Crippen LogP contribution in [0.2, 0.25) is 0 Å². The molecule has 1 aromatic rings. The fourth-order valence-electron chi connectivity index (χ4n) is 3.12. The van der Waals surface area contributed by atoms with Crippen molar-refractivity contribution in [2.24, 2.45) is 0 Å². The molecule has 174 valence electrons. The van der Waals surface area contributed by atoms with Gasteiger partial charge in [0.25, 0.3) is 5.79 Å². The molecule has 0 spiro atoms. The number of cyclic esters (lactones) is 2. The zero-order chi connectivity index (χ0) is 24.3. The molecule has 2 rings (SSSR count). The number of aliphatic hydroxyl groups is 1. The Morgan fingerprint density at radius 2 is 1.91 bits per heavy atom. The minimum atomic E-state index is -1.47. The summed E-state index contributed by atoms with van der Waals surface area (Å²) in [7, 11) is 0. The van der Waals surface area contributed by atoms with E-state index < -0.39 is 46.8 Å². The fraction of sp³-hybridized carbons (Fsp3) is 0.435. The van der Waals surface area contributed by atoms with Crippen LogP contribution in [0.15, 0.2) is 30.2 Å². The summed E-state index contributed by atoms with van der Waals surface area (Å²) in [6.07, 6.45) is 6.18. The number of ether oxygens (including phenoxy) is 3. The van der Waals surface area contributed by atoms with Crippen LogP contribution >= 0.6 is 0 Å². The van der Waals surface area contributed by atoms with Gasteiger partial charge >= 0.3 is 18.0 Å². The van der Waals surface area contributed by atoms with Gasteiger partial charge in [-0.2, -0.15) is 0 Å². The van der Waals surface area contributed by atoms with Gasteiger partial charge in [-0.25, -0.2) is 14.4 Å². The molecule has 1 aromatic heterocycles. The van der Waals surface area contributed by atoms with Crippen LogP contribution in [0.4, 0.5) is 4.79 Å². The summed E-state index contributed by atoms with van der Waals surface area (Å²) in [5.74, 6) is -4.25. The highest BCUT2D eigenvalue weighted by Gasteiger charge is 2.43. The molecular weight excluding hydrogens is 416 g/mol. The molecule has 1 aliphatic rings. The fourth-order valence-corrected chi connectivity index (χ4v) is 3.12. The molecule has 1 atom stereocenters.